The zero-order valence-electron chi connectivity index (χ0n) is 10.3. The number of carbonyl (C=O) groups excluding carboxylic acids is 2. The van der Waals surface area contributed by atoms with Crippen LogP contribution in [0.3, 0.4) is 0 Å². The van der Waals surface area contributed by atoms with Crippen LogP contribution >= 0.6 is 0 Å². The van der Waals surface area contributed by atoms with E-state index < -0.39 is 29.2 Å². The maximum Gasteiger partial charge on any atom is 0.374 e. The van der Waals surface area contributed by atoms with E-state index in [0.717, 1.165) is 12.1 Å². The van der Waals surface area contributed by atoms with Crippen molar-refractivity contribution < 1.29 is 27.5 Å². The fraction of sp³-hybridized carbons (Fsp3) is 0.385. The third kappa shape index (κ3) is 4.39. The molecule has 0 spiro atoms. The predicted molar refractivity (Wildman–Crippen MR) is 60.9 cm³/mol. The number of carbonyl (C=O) groups is 2. The molecule has 1 aromatic carbocycles. The van der Waals surface area contributed by atoms with Crippen molar-refractivity contribution in [3.05, 3.63) is 35.1 Å². The fourth-order valence-electron chi connectivity index (χ4n) is 1.52. The highest BCUT2D eigenvalue weighted by atomic mass is 19.2. The molecule has 1 aromatic rings. The van der Waals surface area contributed by atoms with Crippen LogP contribution in [0, 0.1) is 17.5 Å². The number of hydrogen-bond donors (Lipinski definition) is 0. The van der Waals surface area contributed by atoms with Crippen molar-refractivity contribution in [3.63, 3.8) is 0 Å². The van der Waals surface area contributed by atoms with E-state index >= 15 is 0 Å². The van der Waals surface area contributed by atoms with E-state index in [-0.39, 0.29) is 31.4 Å². The molecule has 0 aliphatic heterocycles. The summed E-state index contributed by atoms with van der Waals surface area (Å²) in [4.78, 5) is 22.2. The van der Waals surface area contributed by atoms with Crippen molar-refractivity contribution in [2.75, 3.05) is 6.61 Å². The number of aryl methyl sites for hydroxylation is 1. The lowest BCUT2D eigenvalue weighted by Gasteiger charge is -2.03. The van der Waals surface area contributed by atoms with Gasteiger partial charge in [-0.15, -0.1) is 0 Å². The van der Waals surface area contributed by atoms with Crippen LogP contribution in [0.1, 0.15) is 25.3 Å². The summed E-state index contributed by atoms with van der Waals surface area (Å²) in [7, 11) is 0. The number of ketones is 1. The van der Waals surface area contributed by atoms with Crippen LogP contribution in [0.4, 0.5) is 13.2 Å². The molecule has 3 nitrogen and oxygen atoms in total. The van der Waals surface area contributed by atoms with Crippen molar-refractivity contribution in [2.45, 2.75) is 26.2 Å². The molecule has 0 N–H and O–H groups in total. The number of ether oxygens (including phenoxy) is 1. The Morgan fingerprint density at radius 3 is 2.26 bits per heavy atom. The summed E-state index contributed by atoms with van der Waals surface area (Å²) in [5.41, 5.74) is 0.230. The molecule has 0 saturated carbocycles. The Hall–Kier alpha value is -1.85. The van der Waals surface area contributed by atoms with Gasteiger partial charge >= 0.3 is 5.97 Å². The Morgan fingerprint density at radius 1 is 1.16 bits per heavy atom. The molecule has 6 heteroatoms. The molecule has 0 atom stereocenters. The quantitative estimate of drug-likeness (QED) is 0.455. The van der Waals surface area contributed by atoms with Crippen LogP contribution in [0.15, 0.2) is 12.1 Å². The lowest BCUT2D eigenvalue weighted by atomic mass is 10.1. The van der Waals surface area contributed by atoms with Crippen LogP contribution in [0.5, 0.6) is 0 Å². The molecular formula is C13H13F3O3. The summed E-state index contributed by atoms with van der Waals surface area (Å²) in [5, 5.41) is 0. The number of rotatable bonds is 6. The molecule has 0 fully saturated rings. The van der Waals surface area contributed by atoms with Crippen molar-refractivity contribution in [1.29, 1.82) is 0 Å². The second kappa shape index (κ2) is 6.92. The van der Waals surface area contributed by atoms with Gasteiger partial charge in [0.15, 0.2) is 17.5 Å². The molecule has 0 heterocycles. The van der Waals surface area contributed by atoms with Crippen molar-refractivity contribution >= 4 is 11.8 Å². The first-order valence-corrected chi connectivity index (χ1v) is 5.79. The second-order valence-electron chi connectivity index (χ2n) is 3.87. The highest BCUT2D eigenvalue weighted by Gasteiger charge is 2.15. The molecule has 0 amide bonds. The second-order valence-corrected chi connectivity index (χ2v) is 3.87. The summed E-state index contributed by atoms with van der Waals surface area (Å²) >= 11 is 0. The van der Waals surface area contributed by atoms with E-state index in [1.54, 1.807) is 6.92 Å². The first-order valence-electron chi connectivity index (χ1n) is 5.79. The lowest BCUT2D eigenvalue weighted by molar-refractivity contribution is -0.153. The first-order chi connectivity index (χ1) is 8.95. The Labute approximate surface area is 108 Å². The SMILES string of the molecule is CCOC(=O)C(=O)CCCc1cc(F)c(F)c(F)c1. The maximum absolute atomic E-state index is 12.9. The number of esters is 1. The number of Topliss-reactive ketones (excluding diaryl/α,β-unsaturated/α-hetero) is 1. The normalized spacial score (nSPS) is 10.3. The number of halogens is 3. The van der Waals surface area contributed by atoms with E-state index in [4.69, 9.17) is 0 Å². The molecule has 0 aliphatic rings. The predicted octanol–water partition coefficient (Wildman–Crippen LogP) is 2.56. The Balaban J connectivity index is 2.50. The third-order valence-electron chi connectivity index (χ3n) is 2.42. The van der Waals surface area contributed by atoms with Gasteiger partial charge in [-0.3, -0.25) is 4.79 Å². The molecule has 0 aromatic heterocycles. The summed E-state index contributed by atoms with van der Waals surface area (Å²) < 4.78 is 43.0. The minimum atomic E-state index is -1.52. The summed E-state index contributed by atoms with van der Waals surface area (Å²) in [6.07, 6.45) is 0.306. The molecule has 0 aliphatic carbocycles. The minimum absolute atomic E-state index is 0.0839. The average molecular weight is 274 g/mol. The summed E-state index contributed by atoms with van der Waals surface area (Å²) in [5.74, 6) is -5.67. The molecule has 0 unspecified atom stereocenters. The zero-order valence-corrected chi connectivity index (χ0v) is 10.3. The van der Waals surface area contributed by atoms with Gasteiger partial charge in [-0.05, 0) is 37.5 Å². The molecule has 1 rings (SSSR count). The van der Waals surface area contributed by atoms with Gasteiger partial charge in [0.1, 0.15) is 0 Å². The van der Waals surface area contributed by atoms with Crippen molar-refractivity contribution in [2.24, 2.45) is 0 Å². The van der Waals surface area contributed by atoms with Crippen molar-refractivity contribution in [3.8, 4) is 0 Å². The van der Waals surface area contributed by atoms with Crippen molar-refractivity contribution in [1.82, 2.24) is 0 Å². The van der Waals surface area contributed by atoms with Crippen LogP contribution in [-0.2, 0) is 20.7 Å². The van der Waals surface area contributed by atoms with Gasteiger partial charge in [0.05, 0.1) is 6.61 Å². The molecule has 0 saturated heterocycles. The highest BCUT2D eigenvalue weighted by molar-refractivity contribution is 6.33. The Morgan fingerprint density at radius 2 is 1.74 bits per heavy atom. The Bertz CT molecular complexity index is 463. The fourth-order valence-corrected chi connectivity index (χ4v) is 1.52. The van der Waals surface area contributed by atoms with Gasteiger partial charge in [-0.2, -0.15) is 0 Å². The van der Waals surface area contributed by atoms with Gasteiger partial charge in [0.25, 0.3) is 0 Å². The van der Waals surface area contributed by atoms with Crippen LogP contribution in [0.25, 0.3) is 0 Å². The summed E-state index contributed by atoms with van der Waals surface area (Å²) in [6, 6.07) is 1.74. The Kier molecular flexibility index (Phi) is 5.54. The molecule has 0 radical (unpaired) electrons. The van der Waals surface area contributed by atoms with E-state index in [1.807, 2.05) is 0 Å². The number of benzene rings is 1. The number of hydrogen-bond acceptors (Lipinski definition) is 3. The van der Waals surface area contributed by atoms with Gasteiger partial charge < -0.3 is 4.74 Å². The smallest absolute Gasteiger partial charge is 0.374 e. The standard InChI is InChI=1S/C13H13F3O3/c1-2-19-13(18)11(17)5-3-4-8-6-9(14)12(16)10(15)7-8/h6-7H,2-5H2,1H3. The van der Waals surface area contributed by atoms with E-state index in [0.29, 0.717) is 0 Å². The summed E-state index contributed by atoms with van der Waals surface area (Å²) in [6.45, 7) is 1.69. The third-order valence-corrected chi connectivity index (χ3v) is 2.42. The molecule has 0 bridgehead atoms. The maximum atomic E-state index is 12.9. The molecular weight excluding hydrogens is 261 g/mol. The average Bonchev–Trinajstić information content (AvgIpc) is 2.36. The van der Waals surface area contributed by atoms with Gasteiger partial charge in [0, 0.05) is 6.42 Å². The molecule has 19 heavy (non-hydrogen) atoms. The van der Waals surface area contributed by atoms with Crippen LogP contribution < -0.4 is 0 Å². The van der Waals surface area contributed by atoms with Gasteiger partial charge in [0.2, 0.25) is 5.78 Å². The monoisotopic (exact) mass is 274 g/mol. The van der Waals surface area contributed by atoms with E-state index in [9.17, 15) is 22.8 Å². The van der Waals surface area contributed by atoms with E-state index in [2.05, 4.69) is 4.74 Å². The topological polar surface area (TPSA) is 43.4 Å². The van der Waals surface area contributed by atoms with Crippen LogP contribution in [0.2, 0.25) is 0 Å². The van der Waals surface area contributed by atoms with Gasteiger partial charge in [-0.25, -0.2) is 18.0 Å². The first kappa shape index (κ1) is 15.2. The minimum Gasteiger partial charge on any atom is -0.460 e. The zero-order chi connectivity index (χ0) is 14.4. The van der Waals surface area contributed by atoms with Crippen LogP contribution in [-0.4, -0.2) is 18.4 Å². The largest absolute Gasteiger partial charge is 0.460 e. The lowest BCUT2D eigenvalue weighted by Crippen LogP contribution is -2.17. The van der Waals surface area contributed by atoms with E-state index in [1.165, 1.54) is 0 Å². The highest BCUT2D eigenvalue weighted by Crippen LogP contribution is 2.15. The molecule has 104 valence electrons. The van der Waals surface area contributed by atoms with Gasteiger partial charge in [-0.1, -0.05) is 0 Å².